The minimum Gasteiger partial charge on any atom is -0.325 e. The third-order valence-electron chi connectivity index (χ3n) is 3.99. The standard InChI is InChI=1S/C19H24ClN3O3S/c1-14-8-9-17(11-18(14)27(25,26)22(2)3)21-19(24)13-23(4)12-15-6-5-7-16(20)10-15/h5-11H,12-13H2,1-4H3,(H,21,24). The topological polar surface area (TPSA) is 69.7 Å². The second kappa shape index (κ2) is 8.84. The highest BCUT2D eigenvalue weighted by molar-refractivity contribution is 7.89. The summed E-state index contributed by atoms with van der Waals surface area (Å²) in [6.45, 7) is 2.46. The van der Waals surface area contributed by atoms with Crippen LogP contribution in [-0.2, 0) is 21.4 Å². The molecule has 0 aromatic heterocycles. The van der Waals surface area contributed by atoms with Crippen molar-refractivity contribution in [3.63, 3.8) is 0 Å². The van der Waals surface area contributed by atoms with Gasteiger partial charge in [-0.25, -0.2) is 12.7 Å². The Morgan fingerprint density at radius 1 is 1.11 bits per heavy atom. The van der Waals surface area contributed by atoms with Crippen molar-refractivity contribution < 1.29 is 13.2 Å². The SMILES string of the molecule is Cc1ccc(NC(=O)CN(C)Cc2cccc(Cl)c2)cc1S(=O)(=O)N(C)C. The third-order valence-corrected chi connectivity index (χ3v) is 6.18. The van der Waals surface area contributed by atoms with E-state index in [1.807, 2.05) is 30.1 Å². The molecular weight excluding hydrogens is 386 g/mol. The van der Waals surface area contributed by atoms with Crippen molar-refractivity contribution in [3.8, 4) is 0 Å². The summed E-state index contributed by atoms with van der Waals surface area (Å²) >= 11 is 5.98. The van der Waals surface area contributed by atoms with Crippen molar-refractivity contribution >= 4 is 33.2 Å². The highest BCUT2D eigenvalue weighted by Gasteiger charge is 2.20. The van der Waals surface area contributed by atoms with E-state index in [4.69, 9.17) is 11.6 Å². The molecule has 146 valence electrons. The fourth-order valence-electron chi connectivity index (χ4n) is 2.60. The molecule has 0 bridgehead atoms. The number of halogens is 1. The Hall–Kier alpha value is -1.93. The maximum atomic E-state index is 12.4. The van der Waals surface area contributed by atoms with E-state index in [-0.39, 0.29) is 17.3 Å². The number of hydrogen-bond acceptors (Lipinski definition) is 4. The Labute approximate surface area is 165 Å². The van der Waals surface area contributed by atoms with Crippen molar-refractivity contribution in [3.05, 3.63) is 58.6 Å². The molecule has 0 saturated heterocycles. The molecule has 0 fully saturated rings. The normalized spacial score (nSPS) is 11.8. The van der Waals surface area contributed by atoms with E-state index in [1.165, 1.54) is 20.2 Å². The minimum atomic E-state index is -3.57. The fourth-order valence-corrected chi connectivity index (χ4v) is 3.96. The number of likely N-dealkylation sites (N-methyl/N-ethyl adjacent to an activating group) is 1. The van der Waals surface area contributed by atoms with Crippen molar-refractivity contribution in [2.45, 2.75) is 18.4 Å². The lowest BCUT2D eigenvalue weighted by atomic mass is 10.2. The molecule has 0 atom stereocenters. The van der Waals surface area contributed by atoms with Gasteiger partial charge in [0.15, 0.2) is 0 Å². The Morgan fingerprint density at radius 3 is 2.44 bits per heavy atom. The predicted molar refractivity (Wildman–Crippen MR) is 108 cm³/mol. The van der Waals surface area contributed by atoms with E-state index in [0.717, 1.165) is 9.87 Å². The van der Waals surface area contributed by atoms with Crippen LogP contribution in [0.25, 0.3) is 0 Å². The number of hydrogen-bond donors (Lipinski definition) is 1. The number of sulfonamides is 1. The number of nitrogens with one attached hydrogen (secondary N) is 1. The van der Waals surface area contributed by atoms with E-state index in [0.29, 0.717) is 22.8 Å². The highest BCUT2D eigenvalue weighted by Crippen LogP contribution is 2.22. The zero-order chi connectivity index (χ0) is 20.2. The second-order valence-electron chi connectivity index (χ2n) is 6.62. The monoisotopic (exact) mass is 409 g/mol. The van der Waals surface area contributed by atoms with Crippen LogP contribution in [0.3, 0.4) is 0 Å². The van der Waals surface area contributed by atoms with E-state index < -0.39 is 10.0 Å². The largest absolute Gasteiger partial charge is 0.325 e. The molecule has 0 heterocycles. The predicted octanol–water partition coefficient (Wildman–Crippen LogP) is 2.97. The average Bonchev–Trinajstić information content (AvgIpc) is 2.56. The van der Waals surface area contributed by atoms with Crippen molar-refractivity contribution in [1.29, 1.82) is 0 Å². The van der Waals surface area contributed by atoms with Gasteiger partial charge in [0.1, 0.15) is 0 Å². The van der Waals surface area contributed by atoms with Gasteiger partial charge in [-0.15, -0.1) is 0 Å². The summed E-state index contributed by atoms with van der Waals surface area (Å²) in [6, 6.07) is 12.3. The second-order valence-corrected chi connectivity index (χ2v) is 9.17. The molecule has 0 aliphatic heterocycles. The molecule has 2 aromatic rings. The highest BCUT2D eigenvalue weighted by atomic mass is 35.5. The first-order chi connectivity index (χ1) is 12.6. The van der Waals surface area contributed by atoms with Gasteiger partial charge in [0.25, 0.3) is 0 Å². The smallest absolute Gasteiger partial charge is 0.242 e. The molecule has 8 heteroatoms. The van der Waals surface area contributed by atoms with Gasteiger partial charge in [-0.05, 0) is 49.4 Å². The van der Waals surface area contributed by atoms with Gasteiger partial charge in [-0.1, -0.05) is 29.8 Å². The van der Waals surface area contributed by atoms with Crippen molar-refractivity contribution in [2.75, 3.05) is 33.0 Å². The number of anilines is 1. The Balaban J connectivity index is 2.05. The number of nitrogens with zero attached hydrogens (tertiary/aromatic N) is 2. The first-order valence-electron chi connectivity index (χ1n) is 8.35. The van der Waals surface area contributed by atoms with Gasteiger partial charge < -0.3 is 5.32 Å². The molecule has 2 rings (SSSR count). The summed E-state index contributed by atoms with van der Waals surface area (Å²) < 4.78 is 25.9. The summed E-state index contributed by atoms with van der Waals surface area (Å²) in [5.41, 5.74) is 2.08. The number of carbonyl (C=O) groups is 1. The van der Waals surface area contributed by atoms with Crippen LogP contribution in [0.1, 0.15) is 11.1 Å². The molecule has 0 aliphatic rings. The molecule has 2 aromatic carbocycles. The summed E-state index contributed by atoms with van der Waals surface area (Å²) in [5, 5.41) is 3.41. The third kappa shape index (κ3) is 5.77. The van der Waals surface area contributed by atoms with Crippen molar-refractivity contribution in [2.24, 2.45) is 0 Å². The number of aryl methyl sites for hydroxylation is 1. The Kier molecular flexibility index (Phi) is 7.00. The first-order valence-corrected chi connectivity index (χ1v) is 10.2. The Bertz CT molecular complexity index is 930. The van der Waals surface area contributed by atoms with Crippen LogP contribution in [-0.4, -0.2) is 51.2 Å². The van der Waals surface area contributed by atoms with E-state index in [9.17, 15) is 13.2 Å². The van der Waals surface area contributed by atoms with Crippen LogP contribution in [0.2, 0.25) is 5.02 Å². The number of benzene rings is 2. The summed E-state index contributed by atoms with van der Waals surface area (Å²) in [5.74, 6) is -0.225. The first kappa shape index (κ1) is 21.4. The number of amides is 1. The van der Waals surface area contributed by atoms with Crippen LogP contribution >= 0.6 is 11.6 Å². The van der Waals surface area contributed by atoms with Crippen LogP contribution < -0.4 is 5.32 Å². The Morgan fingerprint density at radius 2 is 1.81 bits per heavy atom. The number of rotatable bonds is 7. The molecule has 0 aliphatic carbocycles. The average molecular weight is 410 g/mol. The van der Waals surface area contributed by atoms with Crippen LogP contribution in [0.15, 0.2) is 47.4 Å². The molecule has 0 unspecified atom stereocenters. The lowest BCUT2D eigenvalue weighted by Gasteiger charge is -2.18. The molecular formula is C19H24ClN3O3S. The summed E-state index contributed by atoms with van der Waals surface area (Å²) in [7, 11) is 1.21. The van der Waals surface area contributed by atoms with Crippen LogP contribution in [0.4, 0.5) is 5.69 Å². The quantitative estimate of drug-likeness (QED) is 0.763. The van der Waals surface area contributed by atoms with Gasteiger partial charge in [0, 0.05) is 31.4 Å². The lowest BCUT2D eigenvalue weighted by Crippen LogP contribution is -2.30. The van der Waals surface area contributed by atoms with Crippen LogP contribution in [0, 0.1) is 6.92 Å². The van der Waals surface area contributed by atoms with Gasteiger partial charge in [-0.2, -0.15) is 0 Å². The van der Waals surface area contributed by atoms with Crippen LogP contribution in [0.5, 0.6) is 0 Å². The van der Waals surface area contributed by atoms with E-state index in [2.05, 4.69) is 5.32 Å². The fraction of sp³-hybridized carbons (Fsp3) is 0.316. The molecule has 1 amide bonds. The van der Waals surface area contributed by atoms with Gasteiger partial charge in [-0.3, -0.25) is 9.69 Å². The lowest BCUT2D eigenvalue weighted by molar-refractivity contribution is -0.117. The van der Waals surface area contributed by atoms with Crippen molar-refractivity contribution in [1.82, 2.24) is 9.21 Å². The molecule has 0 radical (unpaired) electrons. The molecule has 6 nitrogen and oxygen atoms in total. The molecule has 0 spiro atoms. The zero-order valence-corrected chi connectivity index (χ0v) is 17.4. The molecule has 0 saturated carbocycles. The molecule has 1 N–H and O–H groups in total. The van der Waals surface area contributed by atoms with E-state index >= 15 is 0 Å². The van der Waals surface area contributed by atoms with Gasteiger partial charge in [0.05, 0.1) is 11.4 Å². The van der Waals surface area contributed by atoms with Gasteiger partial charge >= 0.3 is 0 Å². The number of carbonyl (C=O) groups excluding carboxylic acids is 1. The summed E-state index contributed by atoms with van der Waals surface area (Å²) in [4.78, 5) is 14.4. The van der Waals surface area contributed by atoms with E-state index in [1.54, 1.807) is 25.1 Å². The summed E-state index contributed by atoms with van der Waals surface area (Å²) in [6.07, 6.45) is 0. The maximum absolute atomic E-state index is 12.4. The van der Waals surface area contributed by atoms with Gasteiger partial charge in [0.2, 0.25) is 15.9 Å². The minimum absolute atomic E-state index is 0.163. The molecule has 27 heavy (non-hydrogen) atoms. The maximum Gasteiger partial charge on any atom is 0.242 e. The zero-order valence-electron chi connectivity index (χ0n) is 15.9.